The van der Waals surface area contributed by atoms with Crippen LogP contribution in [0.25, 0.3) is 0 Å². The van der Waals surface area contributed by atoms with E-state index in [1.807, 2.05) is 0 Å². The lowest BCUT2D eigenvalue weighted by atomic mass is 10.1. The Morgan fingerprint density at radius 1 is 1.50 bits per heavy atom. The summed E-state index contributed by atoms with van der Waals surface area (Å²) < 4.78 is 4.70. The molecular formula is C8H10O5S. The van der Waals surface area contributed by atoms with Crippen molar-refractivity contribution in [3.05, 3.63) is 0 Å². The second-order valence-electron chi connectivity index (χ2n) is 2.88. The normalized spacial score (nSPS) is 28.1. The van der Waals surface area contributed by atoms with Crippen LogP contribution in [0.15, 0.2) is 0 Å². The van der Waals surface area contributed by atoms with Crippen molar-refractivity contribution in [2.45, 2.75) is 24.2 Å². The molecule has 0 amide bonds. The molecule has 1 saturated heterocycles. The zero-order valence-corrected chi connectivity index (χ0v) is 8.43. The number of thioether (sulfide) groups is 1. The second-order valence-corrected chi connectivity index (χ2v) is 3.86. The zero-order chi connectivity index (χ0) is 10.8. The molecule has 0 aromatic rings. The largest absolute Gasteiger partial charge is 0.477 e. The van der Waals surface area contributed by atoms with Crippen LogP contribution in [0.3, 0.4) is 0 Å². The summed E-state index contributed by atoms with van der Waals surface area (Å²) in [5, 5.41) is 8.88. The molecular weight excluding hydrogens is 208 g/mol. The maximum atomic E-state index is 11.5. The number of esters is 1. The maximum Gasteiger partial charge on any atom is 0.367 e. The molecule has 1 aliphatic heterocycles. The molecule has 5 nitrogen and oxygen atoms in total. The first-order valence-electron chi connectivity index (χ1n) is 4.06. The van der Waals surface area contributed by atoms with Crippen molar-refractivity contribution >= 4 is 29.5 Å². The van der Waals surface area contributed by atoms with E-state index in [0.29, 0.717) is 6.42 Å². The van der Waals surface area contributed by atoms with E-state index in [1.54, 1.807) is 0 Å². The number of cyclic esters (lactones) is 1. The molecule has 0 radical (unpaired) electrons. The van der Waals surface area contributed by atoms with E-state index in [0.717, 1.165) is 11.8 Å². The van der Waals surface area contributed by atoms with Crippen molar-refractivity contribution in [1.29, 1.82) is 0 Å². The average Bonchev–Trinajstić information content (AvgIpc) is 2.26. The monoisotopic (exact) mass is 218 g/mol. The van der Waals surface area contributed by atoms with Crippen molar-refractivity contribution in [1.82, 2.24) is 0 Å². The van der Waals surface area contributed by atoms with Gasteiger partial charge in [0.05, 0.1) is 0 Å². The first kappa shape index (κ1) is 11.0. The molecule has 1 aliphatic rings. The number of carbonyl (C=O) groups excluding carboxylic acids is 2. The summed E-state index contributed by atoms with van der Waals surface area (Å²) in [5.41, 5.74) is 0. The molecule has 1 heterocycles. The van der Waals surface area contributed by atoms with Crippen molar-refractivity contribution in [2.24, 2.45) is 0 Å². The van der Waals surface area contributed by atoms with E-state index in [1.165, 1.54) is 6.26 Å². The van der Waals surface area contributed by atoms with Crippen molar-refractivity contribution in [2.75, 3.05) is 6.26 Å². The van der Waals surface area contributed by atoms with Crippen LogP contribution < -0.4 is 0 Å². The summed E-state index contributed by atoms with van der Waals surface area (Å²) in [6, 6.07) is 0. The Bertz CT molecular complexity index is 287. The minimum Gasteiger partial charge on any atom is -0.477 e. The molecule has 1 rings (SSSR count). The van der Waals surface area contributed by atoms with E-state index in [9.17, 15) is 14.4 Å². The molecule has 1 atom stereocenters. The van der Waals surface area contributed by atoms with Gasteiger partial charge in [0.2, 0.25) is 0 Å². The standard InChI is InChI=1S/C8H10O5S/c1-14-8(7(11)12)5(9)3-2-4-6(10)13-8/h2-4H2,1H3,(H,11,12). The Hall–Kier alpha value is -1.04. The molecule has 1 N–H and O–H groups in total. The van der Waals surface area contributed by atoms with Gasteiger partial charge in [-0.1, -0.05) is 11.8 Å². The van der Waals surface area contributed by atoms with Crippen LogP contribution >= 0.6 is 11.8 Å². The highest BCUT2D eigenvalue weighted by Gasteiger charge is 2.50. The Balaban J connectivity index is 3.04. The van der Waals surface area contributed by atoms with E-state index in [4.69, 9.17) is 9.84 Å². The van der Waals surface area contributed by atoms with Gasteiger partial charge in [-0.05, 0) is 12.7 Å². The van der Waals surface area contributed by atoms with Crippen LogP contribution in [0.1, 0.15) is 19.3 Å². The van der Waals surface area contributed by atoms with E-state index >= 15 is 0 Å². The summed E-state index contributed by atoms with van der Waals surface area (Å²) in [5.74, 6) is -2.60. The number of ether oxygens (including phenoxy) is 1. The van der Waals surface area contributed by atoms with Gasteiger partial charge in [0.1, 0.15) is 0 Å². The Labute approximate surface area is 84.8 Å². The fourth-order valence-corrected chi connectivity index (χ4v) is 1.91. The number of hydrogen-bond acceptors (Lipinski definition) is 5. The third kappa shape index (κ3) is 1.75. The van der Waals surface area contributed by atoms with Crippen LogP contribution in [0.2, 0.25) is 0 Å². The minimum atomic E-state index is -2.02. The Kier molecular flexibility index (Phi) is 3.15. The molecule has 0 aromatic heterocycles. The number of Topliss-reactive ketones (excluding diaryl/α,β-unsaturated/α-hetero) is 1. The van der Waals surface area contributed by atoms with Crippen molar-refractivity contribution in [3.8, 4) is 0 Å². The lowest BCUT2D eigenvalue weighted by Gasteiger charge is -2.23. The predicted molar refractivity (Wildman–Crippen MR) is 48.8 cm³/mol. The van der Waals surface area contributed by atoms with Gasteiger partial charge in [-0.25, -0.2) is 4.79 Å². The highest BCUT2D eigenvalue weighted by molar-refractivity contribution is 8.01. The van der Waals surface area contributed by atoms with Crippen LogP contribution in [0.4, 0.5) is 0 Å². The molecule has 0 bridgehead atoms. The number of ketones is 1. The predicted octanol–water partition coefficient (Wildman–Crippen LogP) is 0.427. The summed E-state index contributed by atoms with van der Waals surface area (Å²) in [4.78, 5) is 31.4. The highest BCUT2D eigenvalue weighted by atomic mass is 32.2. The van der Waals surface area contributed by atoms with Gasteiger partial charge in [-0.2, -0.15) is 0 Å². The quantitative estimate of drug-likeness (QED) is 0.534. The van der Waals surface area contributed by atoms with Gasteiger partial charge in [-0.15, -0.1) is 0 Å². The number of rotatable bonds is 2. The van der Waals surface area contributed by atoms with E-state index in [-0.39, 0.29) is 12.8 Å². The molecule has 6 heteroatoms. The number of aliphatic carboxylic acids is 1. The highest BCUT2D eigenvalue weighted by Crippen LogP contribution is 2.31. The fourth-order valence-electron chi connectivity index (χ4n) is 1.23. The number of carbonyl (C=O) groups is 3. The van der Waals surface area contributed by atoms with Gasteiger partial charge in [0.25, 0.3) is 0 Å². The molecule has 0 aromatic carbocycles. The topological polar surface area (TPSA) is 80.7 Å². The number of carboxylic acids is 1. The number of carboxylic acid groups (broad SMARTS) is 1. The van der Waals surface area contributed by atoms with Crippen LogP contribution in [-0.2, 0) is 19.1 Å². The summed E-state index contributed by atoms with van der Waals surface area (Å²) >= 11 is 0.734. The first-order valence-corrected chi connectivity index (χ1v) is 5.29. The average molecular weight is 218 g/mol. The maximum absolute atomic E-state index is 11.5. The summed E-state index contributed by atoms with van der Waals surface area (Å²) in [6.45, 7) is 0. The lowest BCUT2D eigenvalue weighted by Crippen LogP contribution is -2.46. The molecule has 0 saturated carbocycles. The Morgan fingerprint density at radius 2 is 2.14 bits per heavy atom. The van der Waals surface area contributed by atoms with Crippen molar-refractivity contribution in [3.63, 3.8) is 0 Å². The third-order valence-electron chi connectivity index (χ3n) is 1.98. The molecule has 0 aliphatic carbocycles. The molecule has 0 spiro atoms. The van der Waals surface area contributed by atoms with Crippen LogP contribution in [0.5, 0.6) is 0 Å². The van der Waals surface area contributed by atoms with Crippen molar-refractivity contribution < 1.29 is 24.2 Å². The molecule has 14 heavy (non-hydrogen) atoms. The summed E-state index contributed by atoms with van der Waals surface area (Å²) in [6.07, 6.45) is 1.96. The molecule has 1 fully saturated rings. The SMILES string of the molecule is CSC1(C(=O)O)OC(=O)CCCC1=O. The third-order valence-corrected chi connectivity index (χ3v) is 3.04. The molecule has 78 valence electrons. The van der Waals surface area contributed by atoms with E-state index in [2.05, 4.69) is 0 Å². The lowest BCUT2D eigenvalue weighted by molar-refractivity contribution is -0.170. The minimum absolute atomic E-state index is 0.0683. The molecule has 1 unspecified atom stereocenters. The number of hydrogen-bond donors (Lipinski definition) is 1. The van der Waals surface area contributed by atoms with Gasteiger partial charge in [0, 0.05) is 12.8 Å². The smallest absolute Gasteiger partial charge is 0.367 e. The van der Waals surface area contributed by atoms with Gasteiger partial charge < -0.3 is 9.84 Å². The van der Waals surface area contributed by atoms with Gasteiger partial charge in [0.15, 0.2) is 5.78 Å². The van der Waals surface area contributed by atoms with E-state index < -0.39 is 22.7 Å². The first-order chi connectivity index (χ1) is 6.53. The van der Waals surface area contributed by atoms with Crippen LogP contribution in [0, 0.1) is 0 Å². The second kappa shape index (κ2) is 4.00. The van der Waals surface area contributed by atoms with Crippen LogP contribution in [-0.4, -0.2) is 34.0 Å². The summed E-state index contributed by atoms with van der Waals surface area (Å²) in [7, 11) is 0. The zero-order valence-electron chi connectivity index (χ0n) is 7.61. The fraction of sp³-hybridized carbons (Fsp3) is 0.625. The van der Waals surface area contributed by atoms with Gasteiger partial charge >= 0.3 is 16.9 Å². The Morgan fingerprint density at radius 3 is 2.64 bits per heavy atom. The van der Waals surface area contributed by atoms with Gasteiger partial charge in [-0.3, -0.25) is 9.59 Å².